The molecule has 8 aliphatic rings. The van der Waals surface area contributed by atoms with Crippen molar-refractivity contribution in [1.29, 1.82) is 0 Å². The minimum atomic E-state index is 0.0824. The second-order valence-electron chi connectivity index (χ2n) is 31.8. The van der Waals surface area contributed by atoms with Gasteiger partial charge in [0.2, 0.25) is 5.88 Å². The third-order valence-electron chi connectivity index (χ3n) is 24.8. The van der Waals surface area contributed by atoms with Crippen molar-refractivity contribution < 1.29 is 33.0 Å². The van der Waals surface area contributed by atoms with Crippen molar-refractivity contribution in [2.24, 2.45) is 14.1 Å². The predicted molar refractivity (Wildman–Crippen MR) is 451 cm³/mol. The van der Waals surface area contributed by atoms with Gasteiger partial charge >= 0.3 is 0 Å². The minimum absolute atomic E-state index is 0.0824. The standard InChI is InChI=1S/C22H25N5O2S.C22H27N5O2.C22H25N5O2.C21H25N5OS/c1-29-20-14-16-6-7-27(22(28)18(16)15-23-20)13-10-25-8-11-26(12-9-25)21-17-4-2-3-5-19(17)30-24-21;1-15-20-18(23-25(15)2)9-12-27(22(20)28)14-13-26-10-7-16(8-11-26)21-17-5-3-4-6-19(17)29-24-21;1-16-14-17-6-7-27(22(28)19(17)15-23-16)13-10-25-8-11-26(12-9-25)21-18-4-2-3-5-20(18)29-24-21;1-24-14-17-18(22-24)8-11-26(21(17)27)13-12-25-9-6-15(7-10-25)20-16-4-2-3-5-19(16)28-23-20/h2-5,14-15H,6-13H2,1H3;3-6,16H,7-14H2,1-2H3;2-5,14-15H,6-13H2,1H3;2-5,14-15H,6-13H2,1H3. The van der Waals surface area contributed by atoms with Gasteiger partial charge in [-0.3, -0.25) is 43.3 Å². The summed E-state index contributed by atoms with van der Waals surface area (Å²) < 4.78 is 31.7. The summed E-state index contributed by atoms with van der Waals surface area (Å²) in [5, 5.41) is 22.3. The van der Waals surface area contributed by atoms with E-state index in [0.717, 1.165) is 298 Å². The van der Waals surface area contributed by atoms with Gasteiger partial charge in [0, 0.05) is 222 Å². The number of aromatic nitrogens is 10. The number of nitrogens with zero attached hydrogens (tertiary/aromatic N) is 20. The number of fused-ring (bicyclic) bond motifs is 8. The number of aryl methyl sites for hydroxylation is 3. The second-order valence-corrected chi connectivity index (χ2v) is 33.4. The number of hydrogen-bond acceptors (Lipinski definition) is 23. The van der Waals surface area contributed by atoms with E-state index in [1.165, 1.54) is 25.9 Å². The normalized spacial score (nSPS) is 18.1. The van der Waals surface area contributed by atoms with Gasteiger partial charge in [0.05, 0.1) is 66.9 Å². The van der Waals surface area contributed by atoms with E-state index in [1.807, 2.05) is 107 Å². The van der Waals surface area contributed by atoms with Crippen molar-refractivity contribution in [3.8, 4) is 5.88 Å². The number of para-hydroxylation sites is 2. The number of piperidine rings is 2. The summed E-state index contributed by atoms with van der Waals surface area (Å²) in [6.45, 7) is 25.7. The zero-order valence-corrected chi connectivity index (χ0v) is 68.7. The van der Waals surface area contributed by atoms with Gasteiger partial charge in [-0.25, -0.2) is 4.98 Å². The molecule has 20 rings (SSSR count). The van der Waals surface area contributed by atoms with Crippen molar-refractivity contribution in [1.82, 2.24) is 87.8 Å². The van der Waals surface area contributed by atoms with E-state index in [9.17, 15) is 19.2 Å². The molecular weight excluding hydrogens is 1500 g/mol. The molecule has 0 atom stereocenters. The summed E-state index contributed by atoms with van der Waals surface area (Å²) in [4.78, 5) is 82.1. The molecule has 16 heterocycles. The SMILES string of the molecule is COc1cc2c(cn1)C(=O)N(CCN1CCN(c3nsc4ccccc34)CC1)CC2.Cc1c2c(nn1C)CCN(CCN1CCC(c3noc4ccccc34)CC1)C2=O.Cc1cc2c(cn1)C(=O)N(CCN1CCN(c3noc4ccccc34)CC1)CC2.Cn1cc2c(n1)CCN(CCN1CCC(c3nsc4ccccc34)CC1)C2=O. The van der Waals surface area contributed by atoms with Crippen molar-refractivity contribution in [2.75, 3.05) is 174 Å². The average Bonchev–Trinajstić information content (AvgIpc) is 1.49. The Morgan fingerprint density at radius 1 is 0.440 bits per heavy atom. The van der Waals surface area contributed by atoms with Gasteiger partial charge in [-0.1, -0.05) is 64.9 Å². The Kier molecular flexibility index (Phi) is 23.6. The summed E-state index contributed by atoms with van der Waals surface area (Å²) >= 11 is 3.19. The third kappa shape index (κ3) is 16.9. The number of amides is 4. The molecule has 4 aromatic carbocycles. The molecule has 4 fully saturated rings. The number of piperazine rings is 2. The Bertz CT molecular complexity index is 5480. The number of anilines is 2. The molecule has 4 amide bonds. The number of ether oxygens (including phenoxy) is 1. The van der Waals surface area contributed by atoms with E-state index < -0.39 is 0 Å². The molecule has 27 nitrogen and oxygen atoms in total. The number of rotatable bonds is 17. The lowest BCUT2D eigenvalue weighted by Crippen LogP contribution is -2.50. The summed E-state index contributed by atoms with van der Waals surface area (Å²) in [6.07, 6.45) is 13.2. The van der Waals surface area contributed by atoms with E-state index in [0.29, 0.717) is 23.3 Å². The Morgan fingerprint density at radius 2 is 0.914 bits per heavy atom. The zero-order chi connectivity index (χ0) is 79.3. The first-order valence-electron chi connectivity index (χ1n) is 41.2. The van der Waals surface area contributed by atoms with Crippen LogP contribution in [0.1, 0.15) is 124 Å². The molecule has 0 spiro atoms. The molecule has 0 unspecified atom stereocenters. The van der Waals surface area contributed by atoms with Crippen LogP contribution >= 0.6 is 23.1 Å². The van der Waals surface area contributed by atoms with Gasteiger partial charge in [0.25, 0.3) is 23.6 Å². The minimum Gasteiger partial charge on any atom is -0.481 e. The van der Waals surface area contributed by atoms with E-state index in [2.05, 4.69) is 125 Å². The van der Waals surface area contributed by atoms with Crippen LogP contribution in [-0.4, -0.2) is 276 Å². The van der Waals surface area contributed by atoms with Crippen LogP contribution in [0.3, 0.4) is 0 Å². The first kappa shape index (κ1) is 78.0. The van der Waals surface area contributed by atoms with Gasteiger partial charge in [-0.15, -0.1) is 0 Å². The maximum atomic E-state index is 12.9. The fourth-order valence-corrected chi connectivity index (χ4v) is 19.5. The van der Waals surface area contributed by atoms with Crippen LogP contribution in [0.4, 0.5) is 11.6 Å². The second kappa shape index (κ2) is 35.1. The molecule has 0 radical (unpaired) electrons. The highest BCUT2D eigenvalue weighted by atomic mass is 32.1. The fraction of sp³-hybridized carbons (Fsp3) is 0.448. The molecule has 4 saturated heterocycles. The maximum Gasteiger partial charge on any atom is 0.257 e. The number of benzene rings is 4. The van der Waals surface area contributed by atoms with Crippen LogP contribution in [-0.2, 0) is 39.8 Å². The average molecular weight is 1600 g/mol. The molecule has 29 heteroatoms. The highest BCUT2D eigenvalue weighted by Crippen LogP contribution is 2.37. The van der Waals surface area contributed by atoms with Crippen molar-refractivity contribution in [3.05, 3.63) is 195 Å². The molecule has 8 aromatic heterocycles. The first-order chi connectivity index (χ1) is 56.7. The number of methoxy groups -OCH3 is 1. The van der Waals surface area contributed by atoms with Crippen LogP contribution < -0.4 is 14.5 Å². The number of carbonyl (C=O) groups is 4. The van der Waals surface area contributed by atoms with Crippen LogP contribution in [0.25, 0.3) is 42.1 Å². The van der Waals surface area contributed by atoms with Gasteiger partial charge in [-0.05, 0) is 161 Å². The highest BCUT2D eigenvalue weighted by molar-refractivity contribution is 7.14. The first-order valence-corrected chi connectivity index (χ1v) is 42.7. The quantitative estimate of drug-likeness (QED) is 0.0822. The summed E-state index contributed by atoms with van der Waals surface area (Å²) in [7, 11) is 5.39. The van der Waals surface area contributed by atoms with E-state index in [4.69, 9.17) is 18.2 Å². The van der Waals surface area contributed by atoms with Gasteiger partial charge < -0.3 is 53.0 Å². The van der Waals surface area contributed by atoms with E-state index >= 15 is 0 Å². The van der Waals surface area contributed by atoms with Gasteiger partial charge in [0.1, 0.15) is 5.82 Å². The lowest BCUT2D eigenvalue weighted by molar-refractivity contribution is 0.0702. The molecule has 0 aliphatic carbocycles. The lowest BCUT2D eigenvalue weighted by Gasteiger charge is -2.36. The number of likely N-dealkylation sites (tertiary alicyclic amines) is 2. The molecule has 8 aliphatic heterocycles. The Balaban J connectivity index is 0.000000111. The Labute approximate surface area is 683 Å². The Morgan fingerprint density at radius 3 is 1.53 bits per heavy atom. The zero-order valence-electron chi connectivity index (χ0n) is 67.0. The predicted octanol–water partition coefficient (Wildman–Crippen LogP) is 10.5. The fourth-order valence-electron chi connectivity index (χ4n) is 17.8. The molecular formula is C87H102N20O7S2. The topological polar surface area (TPSA) is 249 Å². The number of hydrogen-bond donors (Lipinski definition) is 0. The van der Waals surface area contributed by atoms with Crippen LogP contribution in [0.2, 0.25) is 0 Å². The van der Waals surface area contributed by atoms with Crippen LogP contribution in [0.15, 0.2) is 137 Å². The van der Waals surface area contributed by atoms with E-state index in [1.54, 1.807) is 47.3 Å². The summed E-state index contributed by atoms with van der Waals surface area (Å²) in [6, 6.07) is 37.0. The number of carbonyl (C=O) groups excluding carboxylic acids is 4. The summed E-state index contributed by atoms with van der Waals surface area (Å²) in [5.74, 6) is 4.10. The number of pyridine rings is 2. The van der Waals surface area contributed by atoms with Gasteiger partial charge in [-0.2, -0.15) is 18.9 Å². The smallest absolute Gasteiger partial charge is 0.257 e. The highest BCUT2D eigenvalue weighted by Gasteiger charge is 2.35. The third-order valence-corrected chi connectivity index (χ3v) is 26.4. The van der Waals surface area contributed by atoms with E-state index in [-0.39, 0.29) is 23.6 Å². The van der Waals surface area contributed by atoms with Crippen molar-refractivity contribution in [3.63, 3.8) is 0 Å². The molecule has 0 N–H and O–H groups in total. The summed E-state index contributed by atoms with van der Waals surface area (Å²) in [5.41, 5.74) is 13.2. The monoisotopic (exact) mass is 1600 g/mol. The maximum absolute atomic E-state index is 12.9. The van der Waals surface area contributed by atoms with Crippen molar-refractivity contribution in [2.45, 2.75) is 77.0 Å². The lowest BCUT2D eigenvalue weighted by atomic mass is 9.91. The van der Waals surface area contributed by atoms with Gasteiger partial charge in [0.15, 0.2) is 17.0 Å². The molecule has 12 aromatic rings. The molecule has 0 bridgehead atoms. The molecule has 0 saturated carbocycles. The molecule has 604 valence electrons. The molecule has 116 heavy (non-hydrogen) atoms. The van der Waals surface area contributed by atoms with Crippen molar-refractivity contribution >= 4 is 100 Å². The van der Waals surface area contributed by atoms with Crippen LogP contribution in [0.5, 0.6) is 5.88 Å². The van der Waals surface area contributed by atoms with Crippen LogP contribution in [0, 0.1) is 13.8 Å². The Hall–Kier alpha value is -10.6. The largest absolute Gasteiger partial charge is 0.481 e.